The molecular formula is C45H39IrN3O2Si-2. The van der Waals surface area contributed by atoms with Crippen LogP contribution in [-0.4, -0.2) is 22.6 Å². The molecule has 5 nitrogen and oxygen atoms in total. The summed E-state index contributed by atoms with van der Waals surface area (Å²) in [5, 5.41) is 4.55. The van der Waals surface area contributed by atoms with Crippen molar-refractivity contribution in [1.82, 2.24) is 14.5 Å². The molecule has 0 atom stereocenters. The van der Waals surface area contributed by atoms with E-state index >= 15 is 0 Å². The molecule has 0 N–H and O–H groups in total. The number of para-hydroxylation sites is 4. The number of benzene rings is 5. The molecule has 0 amide bonds. The molecule has 4 heterocycles. The second kappa shape index (κ2) is 14.5. The topological polar surface area (TPSA) is 57.0 Å². The van der Waals surface area contributed by atoms with Gasteiger partial charge in [-0.05, 0) is 53.6 Å². The third-order valence-electron chi connectivity index (χ3n) is 9.17. The average molecular weight is 875 g/mol. The number of nitrogens with zero attached hydrogens (tertiary/aromatic N) is 3. The zero-order valence-corrected chi connectivity index (χ0v) is 33.2. The zero-order chi connectivity index (χ0) is 36.0. The van der Waals surface area contributed by atoms with Gasteiger partial charge in [-0.1, -0.05) is 105 Å². The van der Waals surface area contributed by atoms with Crippen LogP contribution in [0, 0.1) is 18.2 Å². The molecule has 0 fully saturated rings. The number of hydrogen-bond donors (Lipinski definition) is 0. The number of pyridine rings is 1. The molecule has 5 aromatic carbocycles. The van der Waals surface area contributed by atoms with Crippen molar-refractivity contribution in [3.05, 3.63) is 145 Å². The Kier molecular flexibility index (Phi) is 9.50. The minimum atomic E-state index is -1.34. The van der Waals surface area contributed by atoms with Gasteiger partial charge in [0.2, 0.25) is 0 Å². The first kappa shape index (κ1) is 34.0. The standard InChI is InChI=1S/C27H15N2O2.C18H24NSi.Ir/c1-5-11-24-19(8-1)21(16-30-24)27-28-22-9-3-4-10-23(22)29(27)17-13-14-20-18-7-2-6-12-25(18)31-26(20)15-17;1-14(2)11-16-12-17(15-9-7-6-8-10-15)19-13-18(16)20(3,4)5;/h1-15H;6-9,12-14H,11H2,1-5H3;/q2*-1;/i5D;;. The van der Waals surface area contributed by atoms with Gasteiger partial charge in [0.25, 0.3) is 0 Å². The Hall–Kier alpha value is -5.07. The summed E-state index contributed by atoms with van der Waals surface area (Å²) in [7, 11) is -1.34. The minimum Gasteiger partial charge on any atom is -0.557 e. The van der Waals surface area contributed by atoms with Crippen LogP contribution in [0.1, 0.15) is 20.8 Å². The molecule has 0 aliphatic rings. The third-order valence-corrected chi connectivity index (χ3v) is 11.2. The Morgan fingerprint density at radius 3 is 2.38 bits per heavy atom. The van der Waals surface area contributed by atoms with E-state index in [2.05, 4.69) is 104 Å². The first-order valence-corrected chi connectivity index (χ1v) is 20.9. The van der Waals surface area contributed by atoms with Gasteiger partial charge in [-0.3, -0.25) is 4.98 Å². The fourth-order valence-corrected chi connectivity index (χ4v) is 8.41. The Morgan fingerprint density at radius 2 is 1.58 bits per heavy atom. The molecule has 0 unspecified atom stereocenters. The van der Waals surface area contributed by atoms with E-state index in [1.807, 2.05) is 60.7 Å². The average Bonchev–Trinajstić information content (AvgIpc) is 3.84. The maximum atomic E-state index is 7.87. The van der Waals surface area contributed by atoms with Crippen LogP contribution < -0.4 is 5.19 Å². The fraction of sp³-hybridized carbons (Fsp3) is 0.156. The molecule has 9 aromatic rings. The van der Waals surface area contributed by atoms with Crippen LogP contribution in [0.15, 0.2) is 136 Å². The molecule has 4 aromatic heterocycles. The second-order valence-corrected chi connectivity index (χ2v) is 19.4. The number of imidazole rings is 1. The molecule has 261 valence electrons. The van der Waals surface area contributed by atoms with Crippen molar-refractivity contribution in [3.63, 3.8) is 0 Å². The predicted molar refractivity (Wildman–Crippen MR) is 212 cm³/mol. The molecular weight excluding hydrogens is 835 g/mol. The van der Waals surface area contributed by atoms with Crippen molar-refractivity contribution in [1.29, 1.82) is 0 Å². The molecule has 0 bridgehead atoms. The molecule has 0 aliphatic heterocycles. The van der Waals surface area contributed by atoms with Gasteiger partial charge in [0.05, 0.1) is 26.3 Å². The van der Waals surface area contributed by atoms with Gasteiger partial charge in [-0.15, -0.1) is 42.0 Å². The summed E-state index contributed by atoms with van der Waals surface area (Å²) in [5.41, 5.74) is 9.50. The fourth-order valence-electron chi connectivity index (χ4n) is 6.82. The summed E-state index contributed by atoms with van der Waals surface area (Å²) in [6.07, 6.45) is 6.26. The van der Waals surface area contributed by atoms with E-state index in [-0.39, 0.29) is 20.1 Å². The van der Waals surface area contributed by atoms with Crippen LogP contribution in [0.2, 0.25) is 19.6 Å². The largest absolute Gasteiger partial charge is 0.557 e. The van der Waals surface area contributed by atoms with E-state index in [0.717, 1.165) is 73.1 Å². The Balaban J connectivity index is 0.000000180. The van der Waals surface area contributed by atoms with Gasteiger partial charge in [0.15, 0.2) is 0 Å². The van der Waals surface area contributed by atoms with Gasteiger partial charge in [0.1, 0.15) is 11.2 Å². The molecule has 0 aliphatic carbocycles. The number of furan rings is 2. The van der Waals surface area contributed by atoms with Crippen LogP contribution in [0.25, 0.3) is 72.3 Å². The molecule has 1 radical (unpaired) electrons. The van der Waals surface area contributed by atoms with E-state index in [1.54, 1.807) is 12.1 Å². The molecule has 7 heteroatoms. The second-order valence-electron chi connectivity index (χ2n) is 14.4. The summed E-state index contributed by atoms with van der Waals surface area (Å²) in [4.78, 5) is 9.61. The van der Waals surface area contributed by atoms with Gasteiger partial charge in [-0.25, -0.2) is 0 Å². The number of rotatable bonds is 6. The van der Waals surface area contributed by atoms with Crippen LogP contribution in [0.3, 0.4) is 0 Å². The monoisotopic (exact) mass is 875 g/mol. The number of aromatic nitrogens is 3. The maximum Gasteiger partial charge on any atom is 0.137 e. The normalized spacial score (nSPS) is 11.9. The molecule has 0 spiro atoms. The summed E-state index contributed by atoms with van der Waals surface area (Å²) in [5.74, 6) is 1.40. The molecule has 0 saturated heterocycles. The van der Waals surface area contributed by atoms with Crippen LogP contribution in [-0.2, 0) is 26.5 Å². The van der Waals surface area contributed by atoms with E-state index < -0.39 is 8.07 Å². The summed E-state index contributed by atoms with van der Waals surface area (Å²) in [6, 6.07) is 41.7. The quantitative estimate of drug-likeness (QED) is 0.123. The maximum absolute atomic E-state index is 7.87. The van der Waals surface area contributed by atoms with Crippen molar-refractivity contribution in [2.45, 2.75) is 39.9 Å². The Bertz CT molecular complexity index is 2710. The third kappa shape index (κ3) is 6.80. The zero-order valence-electron chi connectivity index (χ0n) is 30.8. The van der Waals surface area contributed by atoms with Crippen molar-refractivity contribution < 1.29 is 30.3 Å². The van der Waals surface area contributed by atoms with Crippen LogP contribution in [0.4, 0.5) is 0 Å². The number of hydrogen-bond acceptors (Lipinski definition) is 4. The Morgan fingerprint density at radius 1 is 0.808 bits per heavy atom. The predicted octanol–water partition coefficient (Wildman–Crippen LogP) is 11.4. The number of fused-ring (bicyclic) bond motifs is 5. The first-order valence-electron chi connectivity index (χ1n) is 17.9. The molecule has 9 rings (SSSR count). The van der Waals surface area contributed by atoms with Crippen molar-refractivity contribution in [2.75, 3.05) is 0 Å². The molecule has 0 saturated carbocycles. The minimum absolute atomic E-state index is 0. The van der Waals surface area contributed by atoms with Crippen molar-refractivity contribution in [2.24, 2.45) is 5.92 Å². The van der Waals surface area contributed by atoms with Gasteiger partial charge in [0, 0.05) is 60.7 Å². The van der Waals surface area contributed by atoms with E-state index in [4.69, 9.17) is 15.2 Å². The summed E-state index contributed by atoms with van der Waals surface area (Å²) >= 11 is 0. The summed E-state index contributed by atoms with van der Waals surface area (Å²) in [6.45, 7) is 11.7. The van der Waals surface area contributed by atoms with E-state index in [0.29, 0.717) is 17.5 Å². The van der Waals surface area contributed by atoms with Crippen molar-refractivity contribution in [3.8, 4) is 28.3 Å². The molecule has 52 heavy (non-hydrogen) atoms. The SMILES string of the molecule is CC(C)Cc1cc(-c2[c-]cccc2)ncc1[Si](C)(C)C.[2H]c1ccc2c(-c3nc4ccccc4n3-c3ccc4c(c3)oc3ccccc34)[c-]oc2c1.[Ir]. The first-order chi connectivity index (χ1) is 25.1. The smallest absolute Gasteiger partial charge is 0.137 e. The van der Waals surface area contributed by atoms with Crippen molar-refractivity contribution >= 4 is 57.2 Å². The van der Waals surface area contributed by atoms with Gasteiger partial charge in [-0.2, -0.15) is 0 Å². The van der Waals surface area contributed by atoms with Crippen LogP contribution in [0.5, 0.6) is 0 Å². The van der Waals surface area contributed by atoms with E-state index in [9.17, 15) is 0 Å². The van der Waals surface area contributed by atoms with Crippen LogP contribution >= 0.6 is 0 Å². The van der Waals surface area contributed by atoms with Gasteiger partial charge < -0.3 is 18.4 Å². The van der Waals surface area contributed by atoms with Gasteiger partial charge >= 0.3 is 0 Å². The Labute approximate surface area is 320 Å². The summed E-state index contributed by atoms with van der Waals surface area (Å²) < 4.78 is 21.8. The van der Waals surface area contributed by atoms with E-state index in [1.165, 1.54) is 10.8 Å².